The predicted molar refractivity (Wildman–Crippen MR) is 131 cm³/mol. The molecule has 0 unspecified atom stereocenters. The van der Waals surface area contributed by atoms with Crippen molar-refractivity contribution in [2.75, 3.05) is 13.7 Å². The van der Waals surface area contributed by atoms with Gasteiger partial charge in [-0.25, -0.2) is 9.78 Å². The lowest BCUT2D eigenvalue weighted by Gasteiger charge is -2.16. The van der Waals surface area contributed by atoms with Crippen LogP contribution in [0.4, 0.5) is 0 Å². The number of para-hydroxylation sites is 1. The van der Waals surface area contributed by atoms with Crippen molar-refractivity contribution in [1.82, 2.24) is 18.9 Å². The maximum absolute atomic E-state index is 12.4. The first-order chi connectivity index (χ1) is 16.6. The van der Waals surface area contributed by atoms with Crippen molar-refractivity contribution < 1.29 is 14.3 Å². The minimum Gasteiger partial charge on any atom is -0.493 e. The van der Waals surface area contributed by atoms with E-state index in [-0.39, 0.29) is 4.87 Å². The average Bonchev–Trinajstić information content (AvgIpc) is 3.50. The number of imidazole rings is 1. The van der Waals surface area contributed by atoms with Crippen LogP contribution in [0.3, 0.4) is 0 Å². The molecule has 0 aliphatic rings. The molecule has 1 N–H and O–H groups in total. The van der Waals surface area contributed by atoms with Gasteiger partial charge in [0.05, 0.1) is 36.0 Å². The zero-order valence-electron chi connectivity index (χ0n) is 18.4. The van der Waals surface area contributed by atoms with Crippen LogP contribution in [0.15, 0.2) is 71.8 Å². The average molecular weight is 473 g/mol. The molecule has 170 valence electrons. The van der Waals surface area contributed by atoms with Gasteiger partial charge in [0.15, 0.2) is 5.82 Å². The van der Waals surface area contributed by atoms with Crippen molar-refractivity contribution in [2.45, 2.75) is 6.92 Å². The largest absolute Gasteiger partial charge is 0.493 e. The molecule has 0 bridgehead atoms. The molecular formula is C25H20N4O4S. The summed E-state index contributed by atoms with van der Waals surface area (Å²) in [5.41, 5.74) is 5.09. The van der Waals surface area contributed by atoms with Gasteiger partial charge in [0.1, 0.15) is 12.1 Å². The number of rotatable bonds is 6. The number of hydrogen-bond acceptors (Lipinski definition) is 7. The Hall–Kier alpha value is -4.24. The Labute approximate surface area is 198 Å². The van der Waals surface area contributed by atoms with E-state index in [1.165, 1.54) is 7.11 Å². The second-order valence-corrected chi connectivity index (χ2v) is 8.13. The van der Waals surface area contributed by atoms with Gasteiger partial charge >= 0.3 is 10.8 Å². The van der Waals surface area contributed by atoms with Gasteiger partial charge in [-0.15, -0.1) is 0 Å². The summed E-state index contributed by atoms with van der Waals surface area (Å²) in [6.45, 7) is 2.38. The fraction of sp³-hybridized carbons (Fsp3) is 0.120. The first-order valence-electron chi connectivity index (χ1n) is 10.6. The van der Waals surface area contributed by atoms with Crippen molar-refractivity contribution in [3.63, 3.8) is 0 Å². The summed E-state index contributed by atoms with van der Waals surface area (Å²) < 4.78 is 15.8. The molecule has 0 atom stereocenters. The van der Waals surface area contributed by atoms with Crippen LogP contribution in [-0.4, -0.2) is 38.6 Å². The number of methoxy groups -OCH3 is 1. The zero-order valence-corrected chi connectivity index (χ0v) is 19.3. The number of nitrogens with one attached hydrogen (secondary N) is 1. The van der Waals surface area contributed by atoms with Gasteiger partial charge in [0.2, 0.25) is 0 Å². The van der Waals surface area contributed by atoms with Crippen molar-refractivity contribution >= 4 is 28.5 Å². The topological polar surface area (TPSA) is 99.1 Å². The molecule has 0 radical (unpaired) electrons. The molecule has 0 saturated heterocycles. The van der Waals surface area contributed by atoms with Crippen molar-refractivity contribution in [1.29, 1.82) is 0 Å². The lowest BCUT2D eigenvalue weighted by Crippen LogP contribution is -2.05. The van der Waals surface area contributed by atoms with E-state index in [1.54, 1.807) is 18.5 Å². The highest BCUT2D eigenvalue weighted by Gasteiger charge is 2.18. The summed E-state index contributed by atoms with van der Waals surface area (Å²) in [4.78, 5) is 32.3. The molecule has 9 heteroatoms. The molecule has 0 aliphatic heterocycles. The fourth-order valence-electron chi connectivity index (χ4n) is 3.96. The number of aromatic nitrogens is 4. The Morgan fingerprint density at radius 1 is 1.06 bits per heavy atom. The van der Waals surface area contributed by atoms with Crippen LogP contribution in [-0.2, 0) is 4.74 Å². The van der Waals surface area contributed by atoms with E-state index in [0.29, 0.717) is 34.8 Å². The molecular weight excluding hydrogens is 452 g/mol. The molecule has 8 nitrogen and oxygen atoms in total. The van der Waals surface area contributed by atoms with Crippen LogP contribution >= 0.6 is 11.5 Å². The van der Waals surface area contributed by atoms with Crippen LogP contribution in [0, 0.1) is 0 Å². The van der Waals surface area contributed by atoms with Gasteiger partial charge in [0, 0.05) is 28.7 Å². The number of carbonyl (C=O) groups is 1. The van der Waals surface area contributed by atoms with E-state index >= 15 is 0 Å². The third-order valence-corrected chi connectivity index (χ3v) is 5.99. The first-order valence-corrected chi connectivity index (χ1v) is 11.4. The first kappa shape index (κ1) is 21.6. The van der Waals surface area contributed by atoms with Gasteiger partial charge in [-0.05, 0) is 36.8 Å². The molecule has 0 saturated carbocycles. The minimum atomic E-state index is -0.430. The standard InChI is InChI=1S/C25H20N4O4S/c1-3-33-21-13-15(29-14-26-20-10-6-9-19(22(20)29)24(30)32-2)11-12-17(21)16-7-4-5-8-18(16)23-27-25(31)34-28-23/h4-14H,3H2,1-2H3,(H,27,28,31). The molecule has 0 spiro atoms. The van der Waals surface area contributed by atoms with Crippen molar-refractivity contribution in [2.24, 2.45) is 0 Å². The summed E-state index contributed by atoms with van der Waals surface area (Å²) >= 11 is 0.954. The number of hydrogen-bond donors (Lipinski definition) is 1. The highest BCUT2D eigenvalue weighted by molar-refractivity contribution is 7.03. The second kappa shape index (κ2) is 8.95. The van der Waals surface area contributed by atoms with E-state index in [4.69, 9.17) is 9.47 Å². The third-order valence-electron chi connectivity index (χ3n) is 5.43. The molecule has 0 aliphatic carbocycles. The Kier molecular flexibility index (Phi) is 5.69. The Morgan fingerprint density at radius 2 is 1.88 bits per heavy atom. The van der Waals surface area contributed by atoms with Crippen LogP contribution < -0.4 is 9.61 Å². The monoisotopic (exact) mass is 472 g/mol. The van der Waals surface area contributed by atoms with E-state index in [1.807, 2.05) is 60.0 Å². The maximum Gasteiger partial charge on any atom is 0.344 e. The fourth-order valence-corrected chi connectivity index (χ4v) is 4.44. The van der Waals surface area contributed by atoms with Crippen LogP contribution in [0.25, 0.3) is 39.2 Å². The number of aromatic amines is 1. The SMILES string of the molecule is CCOc1cc(-n2cnc3cccc(C(=O)OC)c32)ccc1-c1ccccc1-c1nc(=O)s[nH]1. The molecule has 34 heavy (non-hydrogen) atoms. The quantitative estimate of drug-likeness (QED) is 0.360. The number of nitrogens with zero attached hydrogens (tertiary/aromatic N) is 3. The second-order valence-electron chi connectivity index (χ2n) is 7.37. The highest BCUT2D eigenvalue weighted by Crippen LogP contribution is 2.38. The molecule has 2 heterocycles. The van der Waals surface area contributed by atoms with Gasteiger partial charge in [-0.3, -0.25) is 13.7 Å². The predicted octanol–water partition coefficient (Wildman–Crippen LogP) is 4.69. The molecule has 3 aromatic carbocycles. The molecule has 2 aromatic heterocycles. The molecule has 0 fully saturated rings. The molecule has 5 aromatic rings. The Balaban J connectivity index is 1.68. The minimum absolute atomic E-state index is 0.279. The van der Waals surface area contributed by atoms with E-state index in [0.717, 1.165) is 33.9 Å². The lowest BCUT2D eigenvalue weighted by molar-refractivity contribution is 0.0602. The number of ether oxygens (including phenoxy) is 2. The van der Waals surface area contributed by atoms with Gasteiger partial charge in [-0.2, -0.15) is 4.98 Å². The van der Waals surface area contributed by atoms with Crippen molar-refractivity contribution in [3.05, 3.63) is 82.2 Å². The van der Waals surface area contributed by atoms with Crippen LogP contribution in [0.5, 0.6) is 5.75 Å². The summed E-state index contributed by atoms with van der Waals surface area (Å²) in [6, 6.07) is 18.9. The number of carbonyl (C=O) groups excluding carboxylic acids is 1. The summed E-state index contributed by atoms with van der Waals surface area (Å²) in [5, 5.41) is 0. The maximum atomic E-state index is 12.4. The normalized spacial score (nSPS) is 11.0. The van der Waals surface area contributed by atoms with Gasteiger partial charge in [0.25, 0.3) is 0 Å². The Morgan fingerprint density at radius 3 is 2.62 bits per heavy atom. The lowest BCUT2D eigenvalue weighted by atomic mass is 9.98. The third kappa shape index (κ3) is 3.75. The number of fused-ring (bicyclic) bond motifs is 1. The Bertz CT molecular complexity index is 1570. The highest BCUT2D eigenvalue weighted by atomic mass is 32.1. The van der Waals surface area contributed by atoms with E-state index < -0.39 is 5.97 Å². The number of esters is 1. The summed E-state index contributed by atoms with van der Waals surface area (Å²) in [6.07, 6.45) is 1.68. The number of H-pyrrole nitrogens is 1. The summed E-state index contributed by atoms with van der Waals surface area (Å²) in [5.74, 6) is 0.739. The number of benzene rings is 3. The zero-order chi connectivity index (χ0) is 23.7. The van der Waals surface area contributed by atoms with E-state index in [9.17, 15) is 9.59 Å². The van der Waals surface area contributed by atoms with E-state index in [2.05, 4.69) is 14.3 Å². The van der Waals surface area contributed by atoms with Crippen LogP contribution in [0.1, 0.15) is 17.3 Å². The van der Waals surface area contributed by atoms with Crippen molar-refractivity contribution in [3.8, 4) is 34.0 Å². The van der Waals surface area contributed by atoms with Gasteiger partial charge < -0.3 is 9.47 Å². The smallest absolute Gasteiger partial charge is 0.344 e. The van der Waals surface area contributed by atoms with Crippen LogP contribution in [0.2, 0.25) is 0 Å². The molecule has 0 amide bonds. The molecule has 5 rings (SSSR count). The van der Waals surface area contributed by atoms with Gasteiger partial charge in [-0.1, -0.05) is 30.3 Å². The summed E-state index contributed by atoms with van der Waals surface area (Å²) in [7, 11) is 1.36.